The molecule has 2 aliphatic rings. The van der Waals surface area contributed by atoms with Crippen LogP contribution in [0.15, 0.2) is 42.1 Å². The monoisotopic (exact) mass is 418 g/mol. The summed E-state index contributed by atoms with van der Waals surface area (Å²) in [5.41, 5.74) is 6.46. The minimum absolute atomic E-state index is 0.0889. The first kappa shape index (κ1) is 21.3. The van der Waals surface area contributed by atoms with Gasteiger partial charge in [-0.05, 0) is 69.2 Å². The molecule has 2 amide bonds. The van der Waals surface area contributed by atoms with Crippen molar-refractivity contribution in [1.82, 2.24) is 4.90 Å². The van der Waals surface area contributed by atoms with Crippen LogP contribution in [0.1, 0.15) is 40.7 Å². The number of amides is 2. The zero-order valence-electron chi connectivity index (χ0n) is 18.7. The van der Waals surface area contributed by atoms with Gasteiger partial charge in [0.2, 0.25) is 0 Å². The van der Waals surface area contributed by atoms with Crippen LogP contribution < -0.4 is 4.90 Å². The fourth-order valence-corrected chi connectivity index (χ4v) is 4.84. The van der Waals surface area contributed by atoms with Gasteiger partial charge in [0.1, 0.15) is 5.70 Å². The van der Waals surface area contributed by atoms with Crippen LogP contribution in [0.4, 0.5) is 5.69 Å². The van der Waals surface area contributed by atoms with Crippen LogP contribution in [-0.4, -0.2) is 41.5 Å². The van der Waals surface area contributed by atoms with Crippen LogP contribution in [0.25, 0.3) is 5.57 Å². The van der Waals surface area contributed by atoms with Gasteiger partial charge in [-0.15, -0.1) is 0 Å². The van der Waals surface area contributed by atoms with Crippen LogP contribution in [-0.2, 0) is 9.59 Å². The number of carbonyl (C=O) groups excluding carboxylic acids is 2. The van der Waals surface area contributed by atoms with Gasteiger partial charge < -0.3 is 10.0 Å². The number of aliphatic hydroxyl groups excluding tert-OH is 1. The molecule has 1 atom stereocenters. The van der Waals surface area contributed by atoms with E-state index in [1.165, 1.54) is 4.90 Å². The van der Waals surface area contributed by atoms with Crippen LogP contribution in [0.5, 0.6) is 0 Å². The number of hydrogen-bond donors (Lipinski definition) is 1. The summed E-state index contributed by atoms with van der Waals surface area (Å²) in [6.45, 7) is 9.31. The first-order valence-corrected chi connectivity index (χ1v) is 11.0. The summed E-state index contributed by atoms with van der Waals surface area (Å²) in [7, 11) is 0. The lowest BCUT2D eigenvalue weighted by Crippen LogP contribution is -2.40. The maximum absolute atomic E-state index is 13.8. The van der Waals surface area contributed by atoms with E-state index in [2.05, 4.69) is 0 Å². The number of carbonyl (C=O) groups is 2. The fourth-order valence-electron chi connectivity index (χ4n) is 4.84. The van der Waals surface area contributed by atoms with Crippen molar-refractivity contribution in [3.63, 3.8) is 0 Å². The molecule has 5 nitrogen and oxygen atoms in total. The molecular weight excluding hydrogens is 388 g/mol. The lowest BCUT2D eigenvalue weighted by molar-refractivity contribution is -0.120. The van der Waals surface area contributed by atoms with Crippen molar-refractivity contribution in [3.05, 3.63) is 69.9 Å². The molecule has 0 aromatic heterocycles. The average Bonchev–Trinajstić information content (AvgIpc) is 2.98. The van der Waals surface area contributed by atoms with Gasteiger partial charge in [0.05, 0.1) is 11.3 Å². The Morgan fingerprint density at radius 1 is 0.935 bits per heavy atom. The van der Waals surface area contributed by atoms with E-state index >= 15 is 0 Å². The second-order valence-electron chi connectivity index (χ2n) is 8.91. The number of benzene rings is 2. The largest absolute Gasteiger partial charge is 0.396 e. The maximum atomic E-state index is 13.8. The van der Waals surface area contributed by atoms with Crippen molar-refractivity contribution < 1.29 is 14.7 Å². The molecule has 0 radical (unpaired) electrons. The minimum atomic E-state index is -0.273. The van der Waals surface area contributed by atoms with E-state index in [0.717, 1.165) is 40.7 Å². The fraction of sp³-hybridized carbons (Fsp3) is 0.385. The average molecular weight is 419 g/mol. The minimum Gasteiger partial charge on any atom is -0.396 e. The molecule has 0 spiro atoms. The van der Waals surface area contributed by atoms with Crippen molar-refractivity contribution in [2.24, 2.45) is 5.92 Å². The van der Waals surface area contributed by atoms with Crippen molar-refractivity contribution in [3.8, 4) is 0 Å². The summed E-state index contributed by atoms with van der Waals surface area (Å²) >= 11 is 0. The van der Waals surface area contributed by atoms with Crippen molar-refractivity contribution in [2.75, 3.05) is 24.6 Å². The molecule has 1 unspecified atom stereocenters. The Kier molecular flexibility index (Phi) is 5.71. The highest BCUT2D eigenvalue weighted by molar-refractivity contribution is 6.45. The Bertz CT molecular complexity index is 1090. The zero-order chi connectivity index (χ0) is 22.3. The van der Waals surface area contributed by atoms with E-state index in [9.17, 15) is 14.7 Å². The van der Waals surface area contributed by atoms with E-state index in [1.54, 1.807) is 0 Å². The zero-order valence-corrected chi connectivity index (χ0v) is 18.7. The van der Waals surface area contributed by atoms with Gasteiger partial charge in [0.25, 0.3) is 11.8 Å². The van der Waals surface area contributed by atoms with Gasteiger partial charge in [-0.2, -0.15) is 0 Å². The van der Waals surface area contributed by atoms with Crippen LogP contribution >= 0.6 is 0 Å². The molecule has 2 aromatic carbocycles. The van der Waals surface area contributed by atoms with Crippen molar-refractivity contribution >= 4 is 23.1 Å². The summed E-state index contributed by atoms with van der Waals surface area (Å²) in [5.74, 6) is -0.435. The molecule has 0 saturated carbocycles. The molecule has 1 saturated heterocycles. The second kappa shape index (κ2) is 8.31. The highest BCUT2D eigenvalue weighted by Crippen LogP contribution is 2.38. The lowest BCUT2D eigenvalue weighted by Gasteiger charge is -2.34. The SMILES string of the molecule is Cc1ccc(C2=C(N3CCCC(CO)C3)C(=O)N(c3ccc(C)cc3C)C2=O)c(C)c1. The third-order valence-electron chi connectivity index (χ3n) is 6.40. The van der Waals surface area contributed by atoms with Crippen LogP contribution in [0.2, 0.25) is 0 Å². The summed E-state index contributed by atoms with van der Waals surface area (Å²) in [6, 6.07) is 11.8. The quantitative estimate of drug-likeness (QED) is 0.765. The molecule has 0 aliphatic carbocycles. The Morgan fingerprint density at radius 3 is 2.26 bits per heavy atom. The lowest BCUT2D eigenvalue weighted by atomic mass is 9.95. The molecule has 0 bridgehead atoms. The van der Waals surface area contributed by atoms with E-state index in [-0.39, 0.29) is 24.3 Å². The summed E-state index contributed by atoms with van der Waals surface area (Å²) in [5, 5.41) is 9.71. The molecule has 2 heterocycles. The third-order valence-corrected chi connectivity index (χ3v) is 6.40. The smallest absolute Gasteiger partial charge is 0.282 e. The molecular formula is C26H30N2O3. The summed E-state index contributed by atoms with van der Waals surface area (Å²) in [6.07, 6.45) is 1.82. The Hall–Kier alpha value is -2.92. The van der Waals surface area contributed by atoms with E-state index in [4.69, 9.17) is 0 Å². The second-order valence-corrected chi connectivity index (χ2v) is 8.91. The first-order chi connectivity index (χ1) is 14.8. The normalized spacial score (nSPS) is 19.6. The number of hydrogen-bond acceptors (Lipinski definition) is 4. The highest BCUT2D eigenvalue weighted by Gasteiger charge is 2.44. The standard InChI is InChI=1S/C26H30N2O3/c1-16-7-9-21(18(3)12-16)23-24(27-11-5-6-20(14-27)15-29)26(31)28(25(23)30)22-10-8-17(2)13-19(22)4/h7-10,12-13,20,29H,5-6,11,14-15H2,1-4H3. The number of anilines is 1. The predicted molar refractivity (Wildman–Crippen MR) is 123 cm³/mol. The van der Waals surface area contributed by atoms with Gasteiger partial charge in [0, 0.05) is 19.7 Å². The number of likely N-dealkylation sites (tertiary alicyclic amines) is 1. The van der Waals surface area contributed by atoms with E-state index in [1.807, 2.05) is 69.0 Å². The molecule has 2 aliphatic heterocycles. The molecule has 4 rings (SSSR count). The third kappa shape index (κ3) is 3.79. The number of rotatable bonds is 4. The Labute approximate surface area is 184 Å². The van der Waals surface area contributed by atoms with Crippen molar-refractivity contribution in [2.45, 2.75) is 40.5 Å². The number of nitrogens with zero attached hydrogens (tertiary/aromatic N) is 2. The molecule has 31 heavy (non-hydrogen) atoms. The van der Waals surface area contributed by atoms with Gasteiger partial charge in [-0.25, -0.2) is 4.90 Å². The number of piperidine rings is 1. The van der Waals surface area contributed by atoms with Gasteiger partial charge >= 0.3 is 0 Å². The molecule has 1 N–H and O–H groups in total. The molecule has 162 valence electrons. The van der Waals surface area contributed by atoms with Crippen LogP contribution in [0.3, 0.4) is 0 Å². The number of aryl methyl sites for hydroxylation is 4. The van der Waals surface area contributed by atoms with Crippen LogP contribution in [0, 0.1) is 33.6 Å². The van der Waals surface area contributed by atoms with Crippen molar-refractivity contribution in [1.29, 1.82) is 0 Å². The van der Waals surface area contributed by atoms with Gasteiger partial charge in [-0.1, -0.05) is 41.5 Å². The molecule has 2 aromatic rings. The Morgan fingerprint density at radius 2 is 1.61 bits per heavy atom. The van der Waals surface area contributed by atoms with E-state index in [0.29, 0.717) is 30.0 Å². The van der Waals surface area contributed by atoms with Gasteiger partial charge in [-0.3, -0.25) is 9.59 Å². The summed E-state index contributed by atoms with van der Waals surface area (Å²) in [4.78, 5) is 30.9. The number of imide groups is 1. The predicted octanol–water partition coefficient (Wildman–Crippen LogP) is 3.91. The summed E-state index contributed by atoms with van der Waals surface area (Å²) < 4.78 is 0. The maximum Gasteiger partial charge on any atom is 0.282 e. The molecule has 1 fully saturated rings. The topological polar surface area (TPSA) is 60.9 Å². The highest BCUT2D eigenvalue weighted by atomic mass is 16.3. The Balaban J connectivity index is 1.87. The number of aliphatic hydroxyl groups is 1. The van der Waals surface area contributed by atoms with E-state index < -0.39 is 0 Å². The molecule has 5 heteroatoms. The first-order valence-electron chi connectivity index (χ1n) is 11.0. The van der Waals surface area contributed by atoms with Gasteiger partial charge in [0.15, 0.2) is 0 Å².